The third kappa shape index (κ3) is 4.41. The number of benzene rings is 2. The second-order valence-corrected chi connectivity index (χ2v) is 7.95. The van der Waals surface area contributed by atoms with Gasteiger partial charge in [-0.15, -0.1) is 0 Å². The van der Waals surface area contributed by atoms with Crippen LogP contribution in [-0.2, 0) is 0 Å². The number of hydrogen-bond acceptors (Lipinski definition) is 5. The molecule has 0 bridgehead atoms. The fourth-order valence-corrected chi connectivity index (χ4v) is 3.97. The Balaban J connectivity index is 1.46. The van der Waals surface area contributed by atoms with E-state index in [1.165, 1.54) is 11.8 Å². The molecule has 0 fully saturated rings. The maximum absolute atomic E-state index is 12.7. The Kier molecular flexibility index (Phi) is 5.63. The molecule has 0 atom stereocenters. The molecule has 150 valence electrons. The van der Waals surface area contributed by atoms with Crippen molar-refractivity contribution in [2.45, 2.75) is 30.8 Å². The van der Waals surface area contributed by atoms with Crippen LogP contribution in [0.25, 0.3) is 5.69 Å². The van der Waals surface area contributed by atoms with Crippen LogP contribution in [-0.4, -0.2) is 25.7 Å². The predicted molar refractivity (Wildman–Crippen MR) is 118 cm³/mol. The van der Waals surface area contributed by atoms with Gasteiger partial charge in [-0.1, -0.05) is 18.2 Å². The molecule has 0 aliphatic heterocycles. The van der Waals surface area contributed by atoms with Gasteiger partial charge in [0.2, 0.25) is 0 Å². The van der Waals surface area contributed by atoms with Crippen molar-refractivity contribution >= 4 is 23.4 Å². The van der Waals surface area contributed by atoms with Gasteiger partial charge in [-0.05, 0) is 75.0 Å². The highest BCUT2D eigenvalue weighted by atomic mass is 32.2. The standard InChI is InChI=1S/C23H21N5OS/c1-15-13-16(2)26-23(25-15)30-20-11-9-18(10-12-20)27-22(29)21-14-24-28(17(21)3)19-7-5-4-6-8-19/h4-14H,1-3H3,(H,27,29). The fraction of sp³-hybridized carbons (Fsp3) is 0.130. The quantitative estimate of drug-likeness (QED) is 0.465. The van der Waals surface area contributed by atoms with E-state index in [0.717, 1.165) is 33.4 Å². The Bertz CT molecular complexity index is 1170. The molecule has 0 aliphatic carbocycles. The number of nitrogens with one attached hydrogen (secondary N) is 1. The number of rotatable bonds is 5. The summed E-state index contributed by atoms with van der Waals surface area (Å²) >= 11 is 1.50. The highest BCUT2D eigenvalue weighted by Crippen LogP contribution is 2.26. The van der Waals surface area contributed by atoms with Gasteiger partial charge >= 0.3 is 0 Å². The first-order valence-corrected chi connectivity index (χ1v) is 10.3. The number of amides is 1. The van der Waals surface area contributed by atoms with Gasteiger partial charge in [0.25, 0.3) is 5.91 Å². The fourth-order valence-electron chi connectivity index (χ4n) is 3.11. The van der Waals surface area contributed by atoms with Crippen molar-refractivity contribution < 1.29 is 4.79 Å². The number of nitrogens with zero attached hydrogens (tertiary/aromatic N) is 4. The molecule has 7 heteroatoms. The maximum Gasteiger partial charge on any atom is 0.259 e. The van der Waals surface area contributed by atoms with E-state index in [1.807, 2.05) is 81.4 Å². The van der Waals surface area contributed by atoms with Crippen LogP contribution in [0.4, 0.5) is 5.69 Å². The van der Waals surface area contributed by atoms with Crippen LogP contribution in [0, 0.1) is 20.8 Å². The van der Waals surface area contributed by atoms with Gasteiger partial charge in [-0.25, -0.2) is 14.6 Å². The molecule has 2 aromatic carbocycles. The van der Waals surface area contributed by atoms with Gasteiger partial charge in [0, 0.05) is 22.0 Å². The van der Waals surface area contributed by atoms with Crippen molar-refractivity contribution in [2.75, 3.05) is 5.32 Å². The van der Waals surface area contributed by atoms with Crippen LogP contribution in [0.5, 0.6) is 0 Å². The van der Waals surface area contributed by atoms with E-state index in [-0.39, 0.29) is 5.91 Å². The van der Waals surface area contributed by atoms with Gasteiger partial charge in [0.1, 0.15) is 0 Å². The third-order valence-corrected chi connectivity index (χ3v) is 5.41. The molecule has 0 unspecified atom stereocenters. The molecule has 0 spiro atoms. The van der Waals surface area contributed by atoms with E-state index in [0.29, 0.717) is 10.7 Å². The lowest BCUT2D eigenvalue weighted by Crippen LogP contribution is -2.13. The molecular weight excluding hydrogens is 394 g/mol. The van der Waals surface area contributed by atoms with E-state index in [1.54, 1.807) is 10.9 Å². The summed E-state index contributed by atoms with van der Waals surface area (Å²) in [7, 11) is 0. The number of aryl methyl sites for hydroxylation is 2. The molecule has 0 saturated heterocycles. The number of para-hydroxylation sites is 1. The minimum absolute atomic E-state index is 0.187. The van der Waals surface area contributed by atoms with Crippen molar-refractivity contribution in [3.63, 3.8) is 0 Å². The van der Waals surface area contributed by atoms with Gasteiger partial charge in [0.05, 0.1) is 23.1 Å². The molecule has 0 aliphatic rings. The molecule has 1 N–H and O–H groups in total. The molecule has 2 aromatic heterocycles. The highest BCUT2D eigenvalue weighted by molar-refractivity contribution is 7.99. The summed E-state index contributed by atoms with van der Waals surface area (Å²) in [5.74, 6) is -0.187. The van der Waals surface area contributed by atoms with Crippen molar-refractivity contribution in [1.82, 2.24) is 19.7 Å². The Morgan fingerprint density at radius 3 is 2.27 bits per heavy atom. The Morgan fingerprint density at radius 1 is 0.933 bits per heavy atom. The van der Waals surface area contributed by atoms with Gasteiger partial charge < -0.3 is 5.32 Å². The number of carbonyl (C=O) groups is 1. The van der Waals surface area contributed by atoms with E-state index >= 15 is 0 Å². The Hall–Kier alpha value is -3.45. The monoisotopic (exact) mass is 415 g/mol. The first-order chi connectivity index (χ1) is 14.5. The zero-order valence-electron chi connectivity index (χ0n) is 17.0. The van der Waals surface area contributed by atoms with E-state index in [2.05, 4.69) is 20.4 Å². The van der Waals surface area contributed by atoms with E-state index < -0.39 is 0 Å². The molecule has 30 heavy (non-hydrogen) atoms. The zero-order valence-corrected chi connectivity index (χ0v) is 17.8. The maximum atomic E-state index is 12.7. The summed E-state index contributed by atoms with van der Waals surface area (Å²) in [6, 6.07) is 19.3. The second-order valence-electron chi connectivity index (χ2n) is 6.90. The van der Waals surface area contributed by atoms with Crippen molar-refractivity contribution in [3.05, 3.63) is 89.5 Å². The molecule has 1 amide bonds. The average Bonchev–Trinajstić information content (AvgIpc) is 3.11. The average molecular weight is 416 g/mol. The molecule has 0 saturated carbocycles. The predicted octanol–water partition coefficient (Wildman–Crippen LogP) is 4.99. The Morgan fingerprint density at radius 2 is 1.60 bits per heavy atom. The summed E-state index contributed by atoms with van der Waals surface area (Å²) in [6.45, 7) is 5.80. The SMILES string of the molecule is Cc1cc(C)nc(Sc2ccc(NC(=O)c3cnn(-c4ccccc4)c3C)cc2)n1. The topological polar surface area (TPSA) is 72.7 Å². The number of hydrogen-bond donors (Lipinski definition) is 1. The lowest BCUT2D eigenvalue weighted by atomic mass is 10.2. The van der Waals surface area contributed by atoms with E-state index in [9.17, 15) is 4.79 Å². The summed E-state index contributed by atoms with van der Waals surface area (Å²) in [5, 5.41) is 8.02. The Labute approximate surface area is 179 Å². The molecule has 4 rings (SSSR count). The van der Waals surface area contributed by atoms with Crippen LogP contribution in [0.2, 0.25) is 0 Å². The van der Waals surface area contributed by atoms with E-state index in [4.69, 9.17) is 0 Å². The first-order valence-electron chi connectivity index (χ1n) is 9.51. The molecule has 6 nitrogen and oxygen atoms in total. The normalized spacial score (nSPS) is 10.8. The van der Waals surface area contributed by atoms with Crippen LogP contribution in [0.15, 0.2) is 76.9 Å². The number of aromatic nitrogens is 4. The minimum Gasteiger partial charge on any atom is -0.322 e. The van der Waals surface area contributed by atoms with Crippen LogP contribution >= 0.6 is 11.8 Å². The summed E-state index contributed by atoms with van der Waals surface area (Å²) in [5.41, 5.74) is 4.86. The van der Waals surface area contributed by atoms with Gasteiger partial charge in [-0.3, -0.25) is 4.79 Å². The largest absolute Gasteiger partial charge is 0.322 e. The smallest absolute Gasteiger partial charge is 0.259 e. The van der Waals surface area contributed by atoms with Crippen LogP contribution in [0.3, 0.4) is 0 Å². The van der Waals surface area contributed by atoms with Crippen molar-refractivity contribution in [3.8, 4) is 5.69 Å². The first kappa shape index (κ1) is 19.8. The minimum atomic E-state index is -0.187. The summed E-state index contributed by atoms with van der Waals surface area (Å²) < 4.78 is 1.76. The lowest BCUT2D eigenvalue weighted by Gasteiger charge is -2.08. The van der Waals surface area contributed by atoms with Crippen LogP contribution in [0.1, 0.15) is 27.4 Å². The van der Waals surface area contributed by atoms with Gasteiger partial charge in [0.15, 0.2) is 5.16 Å². The number of anilines is 1. The zero-order chi connectivity index (χ0) is 21.1. The van der Waals surface area contributed by atoms with Gasteiger partial charge in [-0.2, -0.15) is 5.10 Å². The number of carbonyl (C=O) groups excluding carboxylic acids is 1. The third-order valence-electron chi connectivity index (χ3n) is 4.54. The second kappa shape index (κ2) is 8.51. The molecular formula is C23H21N5OS. The van der Waals surface area contributed by atoms with Crippen molar-refractivity contribution in [1.29, 1.82) is 0 Å². The highest BCUT2D eigenvalue weighted by Gasteiger charge is 2.15. The molecule has 0 radical (unpaired) electrons. The summed E-state index contributed by atoms with van der Waals surface area (Å²) in [4.78, 5) is 22.6. The van der Waals surface area contributed by atoms with Crippen molar-refractivity contribution in [2.24, 2.45) is 0 Å². The summed E-state index contributed by atoms with van der Waals surface area (Å²) in [6.07, 6.45) is 1.60. The molecule has 2 heterocycles. The van der Waals surface area contributed by atoms with Crippen LogP contribution < -0.4 is 5.32 Å². The lowest BCUT2D eigenvalue weighted by molar-refractivity contribution is 0.102. The molecule has 4 aromatic rings.